The molecule has 0 aliphatic heterocycles. The van der Waals surface area contributed by atoms with E-state index in [1.54, 1.807) is 45.0 Å². The summed E-state index contributed by atoms with van der Waals surface area (Å²) in [6.45, 7) is 7.09. The van der Waals surface area contributed by atoms with Gasteiger partial charge in [0, 0.05) is 6.42 Å². The molecule has 116 valence electrons. The molecule has 5 heteroatoms. The van der Waals surface area contributed by atoms with Gasteiger partial charge < -0.3 is 15.2 Å². The minimum Gasteiger partial charge on any atom is -0.493 e. The minimum atomic E-state index is -0.742. The summed E-state index contributed by atoms with van der Waals surface area (Å²) in [5.41, 5.74) is 5.72. The van der Waals surface area contributed by atoms with Gasteiger partial charge in [-0.1, -0.05) is 12.1 Å². The number of hydrogen-bond donors (Lipinski definition) is 1. The smallest absolute Gasteiger partial charge is 0.323 e. The topological polar surface area (TPSA) is 78.6 Å². The summed E-state index contributed by atoms with van der Waals surface area (Å²) in [5, 5.41) is 0. The Balaban J connectivity index is 2.50. The number of benzene rings is 1. The van der Waals surface area contributed by atoms with Crippen LogP contribution in [0.25, 0.3) is 0 Å². The summed E-state index contributed by atoms with van der Waals surface area (Å²) in [5.74, 6) is -0.0191. The number of hydrogen-bond acceptors (Lipinski definition) is 5. The van der Waals surface area contributed by atoms with Gasteiger partial charge in [-0.3, -0.25) is 9.59 Å². The van der Waals surface area contributed by atoms with Gasteiger partial charge in [-0.15, -0.1) is 0 Å². The molecule has 0 heterocycles. The fourth-order valence-corrected chi connectivity index (χ4v) is 1.67. The molecule has 1 atom stereocenters. The van der Waals surface area contributed by atoms with Crippen LogP contribution in [0, 0.1) is 0 Å². The molecule has 0 aromatic heterocycles. The first-order chi connectivity index (χ1) is 9.70. The maximum absolute atomic E-state index is 11.7. The van der Waals surface area contributed by atoms with Crippen LogP contribution >= 0.6 is 0 Å². The summed E-state index contributed by atoms with van der Waals surface area (Å²) in [6.07, 6.45) is 0.321. The van der Waals surface area contributed by atoms with Gasteiger partial charge >= 0.3 is 5.97 Å². The van der Waals surface area contributed by atoms with E-state index in [4.69, 9.17) is 15.2 Å². The minimum absolute atomic E-state index is 0.0676. The van der Waals surface area contributed by atoms with Crippen LogP contribution in [0.15, 0.2) is 24.3 Å². The van der Waals surface area contributed by atoms with Crippen molar-refractivity contribution in [3.63, 3.8) is 0 Å². The highest BCUT2D eigenvalue weighted by atomic mass is 16.6. The molecule has 1 rings (SSSR count). The molecule has 0 radical (unpaired) electrons. The number of rotatable bonds is 6. The van der Waals surface area contributed by atoms with Crippen LogP contribution in [-0.4, -0.2) is 30.0 Å². The van der Waals surface area contributed by atoms with Crippen LogP contribution in [0.4, 0.5) is 0 Å². The van der Waals surface area contributed by atoms with Gasteiger partial charge in [0.05, 0.1) is 12.2 Å². The first kappa shape index (κ1) is 17.2. The molecule has 2 N–H and O–H groups in total. The third-order valence-electron chi connectivity index (χ3n) is 2.66. The lowest BCUT2D eigenvalue weighted by Gasteiger charge is -2.22. The Morgan fingerprint density at radius 2 is 1.86 bits per heavy atom. The van der Waals surface area contributed by atoms with Crippen molar-refractivity contribution in [3.8, 4) is 5.75 Å². The normalized spacial score (nSPS) is 12.6. The summed E-state index contributed by atoms with van der Waals surface area (Å²) in [6, 6.07) is 6.24. The molecular formula is C16H23NO4. The van der Waals surface area contributed by atoms with Gasteiger partial charge in [-0.05, 0) is 39.8 Å². The van der Waals surface area contributed by atoms with Gasteiger partial charge in [0.15, 0.2) is 5.78 Å². The predicted octanol–water partition coefficient (Wildman–Crippen LogP) is 2.33. The zero-order valence-electron chi connectivity index (χ0n) is 13.0. The first-order valence-corrected chi connectivity index (χ1v) is 6.92. The molecular weight excluding hydrogens is 270 g/mol. The lowest BCUT2D eigenvalue weighted by Crippen LogP contribution is -2.38. The Labute approximate surface area is 125 Å². The molecule has 0 amide bonds. The zero-order valence-corrected chi connectivity index (χ0v) is 13.0. The first-order valence-electron chi connectivity index (χ1n) is 6.92. The standard InChI is InChI=1S/C16H23NO4/c1-11(18)12-7-5-6-8-14(12)20-10-9-13(17)15(19)21-16(2,3)4/h5-8,13H,9-10,17H2,1-4H3. The highest BCUT2D eigenvalue weighted by Gasteiger charge is 2.22. The molecule has 1 unspecified atom stereocenters. The Hall–Kier alpha value is -1.88. The van der Waals surface area contributed by atoms with Crippen LogP contribution in [0.2, 0.25) is 0 Å². The number of para-hydroxylation sites is 1. The summed E-state index contributed by atoms with van der Waals surface area (Å²) in [7, 11) is 0. The van der Waals surface area contributed by atoms with E-state index in [1.807, 2.05) is 0 Å². The van der Waals surface area contributed by atoms with E-state index in [2.05, 4.69) is 0 Å². The maximum Gasteiger partial charge on any atom is 0.323 e. The predicted molar refractivity (Wildman–Crippen MR) is 80.4 cm³/mol. The molecule has 0 bridgehead atoms. The Morgan fingerprint density at radius 1 is 1.24 bits per heavy atom. The average Bonchev–Trinajstić information content (AvgIpc) is 2.36. The third-order valence-corrected chi connectivity index (χ3v) is 2.66. The van der Waals surface area contributed by atoms with Crippen LogP contribution in [-0.2, 0) is 9.53 Å². The van der Waals surface area contributed by atoms with E-state index in [0.717, 1.165) is 0 Å². The molecule has 5 nitrogen and oxygen atoms in total. The van der Waals surface area contributed by atoms with Crippen molar-refractivity contribution in [2.75, 3.05) is 6.61 Å². The Kier molecular flexibility index (Phi) is 5.90. The van der Waals surface area contributed by atoms with Crippen LogP contribution in [0.1, 0.15) is 44.5 Å². The number of esters is 1. The lowest BCUT2D eigenvalue weighted by atomic mass is 10.1. The summed E-state index contributed by atoms with van der Waals surface area (Å²) >= 11 is 0. The van der Waals surface area contributed by atoms with Gasteiger partial charge in [-0.25, -0.2) is 0 Å². The van der Waals surface area contributed by atoms with Crippen molar-refractivity contribution in [2.24, 2.45) is 5.73 Å². The second-order valence-corrected chi connectivity index (χ2v) is 5.83. The second-order valence-electron chi connectivity index (χ2n) is 5.83. The van der Waals surface area contributed by atoms with E-state index >= 15 is 0 Å². The SMILES string of the molecule is CC(=O)c1ccccc1OCCC(N)C(=O)OC(C)(C)C. The summed E-state index contributed by atoms with van der Waals surface area (Å²) < 4.78 is 10.7. The fraction of sp³-hybridized carbons (Fsp3) is 0.500. The molecule has 0 saturated heterocycles. The van der Waals surface area contributed by atoms with Crippen molar-refractivity contribution in [1.82, 2.24) is 0 Å². The second kappa shape index (κ2) is 7.22. The van der Waals surface area contributed by atoms with E-state index in [9.17, 15) is 9.59 Å². The molecule has 0 aliphatic carbocycles. The lowest BCUT2D eigenvalue weighted by molar-refractivity contribution is -0.156. The molecule has 0 saturated carbocycles. The molecule has 1 aromatic rings. The quantitative estimate of drug-likeness (QED) is 0.643. The number of nitrogens with two attached hydrogens (primary N) is 1. The molecule has 21 heavy (non-hydrogen) atoms. The van der Waals surface area contributed by atoms with Crippen LogP contribution < -0.4 is 10.5 Å². The monoisotopic (exact) mass is 293 g/mol. The van der Waals surface area contributed by atoms with E-state index < -0.39 is 17.6 Å². The number of Topliss-reactive ketones (excluding diaryl/α,β-unsaturated/α-hetero) is 1. The largest absolute Gasteiger partial charge is 0.493 e. The highest BCUT2D eigenvalue weighted by Crippen LogP contribution is 2.18. The van der Waals surface area contributed by atoms with E-state index in [0.29, 0.717) is 17.7 Å². The van der Waals surface area contributed by atoms with Gasteiger partial charge in [0.1, 0.15) is 17.4 Å². The Morgan fingerprint density at radius 3 is 2.43 bits per heavy atom. The van der Waals surface area contributed by atoms with Gasteiger partial charge in [0.2, 0.25) is 0 Å². The van der Waals surface area contributed by atoms with Crippen LogP contribution in [0.5, 0.6) is 5.75 Å². The summed E-state index contributed by atoms with van der Waals surface area (Å²) in [4.78, 5) is 23.2. The molecule has 0 fully saturated rings. The molecule has 0 aliphatic rings. The van der Waals surface area contributed by atoms with Gasteiger partial charge in [0.25, 0.3) is 0 Å². The van der Waals surface area contributed by atoms with Crippen molar-refractivity contribution in [3.05, 3.63) is 29.8 Å². The van der Waals surface area contributed by atoms with Gasteiger partial charge in [-0.2, -0.15) is 0 Å². The van der Waals surface area contributed by atoms with E-state index in [-0.39, 0.29) is 12.4 Å². The molecule has 0 spiro atoms. The number of carbonyl (C=O) groups is 2. The fourth-order valence-electron chi connectivity index (χ4n) is 1.67. The highest BCUT2D eigenvalue weighted by molar-refractivity contribution is 5.96. The van der Waals surface area contributed by atoms with Crippen LogP contribution in [0.3, 0.4) is 0 Å². The van der Waals surface area contributed by atoms with Crippen molar-refractivity contribution in [2.45, 2.75) is 45.8 Å². The van der Waals surface area contributed by atoms with Crippen molar-refractivity contribution in [1.29, 1.82) is 0 Å². The third kappa shape index (κ3) is 5.95. The zero-order chi connectivity index (χ0) is 16.0. The maximum atomic E-state index is 11.7. The number of ether oxygens (including phenoxy) is 2. The van der Waals surface area contributed by atoms with Crippen molar-refractivity contribution >= 4 is 11.8 Å². The average molecular weight is 293 g/mol. The Bertz CT molecular complexity index is 505. The number of carbonyl (C=O) groups excluding carboxylic acids is 2. The molecule has 1 aromatic carbocycles. The number of ketones is 1. The van der Waals surface area contributed by atoms with E-state index in [1.165, 1.54) is 6.92 Å². The van der Waals surface area contributed by atoms with Crippen molar-refractivity contribution < 1.29 is 19.1 Å².